The van der Waals surface area contributed by atoms with Crippen LogP contribution in [0.3, 0.4) is 0 Å². The molecule has 9 N–H and O–H groups in total. The Hall–Kier alpha value is -5.51. The summed E-state index contributed by atoms with van der Waals surface area (Å²) in [6.45, 7) is 4.91. The van der Waals surface area contributed by atoms with Crippen molar-refractivity contribution >= 4 is 41.5 Å². The van der Waals surface area contributed by atoms with Crippen LogP contribution in [0.1, 0.15) is 57.6 Å². The minimum atomic E-state index is -1.50. The molecular weight excluding hydrogens is 676 g/mol. The molecule has 2 aromatic rings. The number of nitrogens with one attached hydrogen (secondary N) is 4. The maximum atomic E-state index is 13.8. The predicted molar refractivity (Wildman–Crippen MR) is 187 cm³/mol. The largest absolute Gasteiger partial charge is 0.508 e. The minimum absolute atomic E-state index is 0.00741. The van der Waals surface area contributed by atoms with E-state index in [0.29, 0.717) is 24.9 Å². The van der Waals surface area contributed by atoms with Crippen molar-refractivity contribution < 1.29 is 48.9 Å². The van der Waals surface area contributed by atoms with E-state index in [1.54, 1.807) is 26.0 Å². The Morgan fingerprint density at radius 3 is 2.02 bits per heavy atom. The summed E-state index contributed by atoms with van der Waals surface area (Å²) in [5.74, 6) is -6.56. The number of amides is 5. The summed E-state index contributed by atoms with van der Waals surface area (Å²) < 4.78 is 0. The highest BCUT2D eigenvalue weighted by Gasteiger charge is 2.38. The van der Waals surface area contributed by atoms with Crippen LogP contribution in [0.4, 0.5) is 0 Å². The monoisotopic (exact) mass is 724 g/mol. The zero-order valence-electron chi connectivity index (χ0n) is 29.4. The predicted octanol–water partition coefficient (Wildman–Crippen LogP) is 0.0602. The number of carbonyl (C=O) groups excluding carboxylic acids is 5. The summed E-state index contributed by atoms with van der Waals surface area (Å²) in [7, 11) is 0. The van der Waals surface area contributed by atoms with Crippen LogP contribution in [0, 0.1) is 5.92 Å². The number of benzene rings is 2. The van der Waals surface area contributed by atoms with Gasteiger partial charge in [-0.15, -0.1) is 0 Å². The minimum Gasteiger partial charge on any atom is -0.508 e. The van der Waals surface area contributed by atoms with E-state index in [4.69, 9.17) is 10.8 Å². The van der Waals surface area contributed by atoms with Gasteiger partial charge in [-0.2, -0.15) is 0 Å². The molecule has 1 heterocycles. The second-order valence-corrected chi connectivity index (χ2v) is 13.2. The molecule has 1 saturated heterocycles. The Labute approximate surface area is 301 Å². The van der Waals surface area contributed by atoms with Gasteiger partial charge in [0.1, 0.15) is 36.0 Å². The van der Waals surface area contributed by atoms with Gasteiger partial charge in [-0.05, 0) is 61.8 Å². The molecule has 3 rings (SSSR count). The van der Waals surface area contributed by atoms with Gasteiger partial charge in [-0.25, -0.2) is 4.79 Å². The lowest BCUT2D eigenvalue weighted by molar-refractivity contribution is -0.143. The number of hydrogen-bond donors (Lipinski definition) is 8. The molecule has 0 aromatic heterocycles. The van der Waals surface area contributed by atoms with Crippen LogP contribution in [0.25, 0.3) is 0 Å². The van der Waals surface area contributed by atoms with Crippen LogP contribution in [0.5, 0.6) is 5.75 Å². The van der Waals surface area contributed by atoms with Crippen LogP contribution in [0.2, 0.25) is 0 Å². The van der Waals surface area contributed by atoms with E-state index in [-0.39, 0.29) is 25.0 Å². The molecule has 0 bridgehead atoms. The average Bonchev–Trinajstić information content (AvgIpc) is 3.59. The van der Waals surface area contributed by atoms with Crippen LogP contribution in [0.15, 0.2) is 54.6 Å². The summed E-state index contributed by atoms with van der Waals surface area (Å²) in [5.41, 5.74) is 7.71. The first-order valence-electron chi connectivity index (χ1n) is 17.1. The van der Waals surface area contributed by atoms with Gasteiger partial charge in [0.05, 0.1) is 6.04 Å². The Morgan fingerprint density at radius 2 is 1.42 bits per heavy atom. The molecule has 0 aliphatic carbocycles. The normalized spacial score (nSPS) is 16.9. The van der Waals surface area contributed by atoms with Crippen molar-refractivity contribution in [2.75, 3.05) is 6.54 Å². The van der Waals surface area contributed by atoms with Crippen molar-refractivity contribution in [1.82, 2.24) is 26.2 Å². The van der Waals surface area contributed by atoms with Gasteiger partial charge in [0, 0.05) is 19.4 Å². The average molecular weight is 725 g/mol. The van der Waals surface area contributed by atoms with Crippen molar-refractivity contribution in [2.45, 2.75) is 95.5 Å². The molecule has 6 atom stereocenters. The van der Waals surface area contributed by atoms with Crippen molar-refractivity contribution in [1.29, 1.82) is 0 Å². The molecule has 16 nitrogen and oxygen atoms in total. The number of hydrogen-bond acceptors (Lipinski definition) is 9. The molecule has 0 saturated carbocycles. The third kappa shape index (κ3) is 12.1. The lowest BCUT2D eigenvalue weighted by atomic mass is 10.00. The van der Waals surface area contributed by atoms with E-state index in [0.717, 1.165) is 5.56 Å². The molecule has 282 valence electrons. The molecule has 5 amide bonds. The first-order valence-corrected chi connectivity index (χ1v) is 17.1. The third-order valence-electron chi connectivity index (χ3n) is 8.72. The van der Waals surface area contributed by atoms with Gasteiger partial charge in [-0.3, -0.25) is 28.8 Å². The first-order chi connectivity index (χ1) is 24.6. The van der Waals surface area contributed by atoms with E-state index in [2.05, 4.69) is 21.3 Å². The molecule has 52 heavy (non-hydrogen) atoms. The molecule has 0 radical (unpaired) electrons. The molecule has 2 aromatic carbocycles. The highest BCUT2D eigenvalue weighted by molar-refractivity contribution is 5.96. The zero-order valence-corrected chi connectivity index (χ0v) is 29.4. The van der Waals surface area contributed by atoms with Gasteiger partial charge < -0.3 is 47.2 Å². The summed E-state index contributed by atoms with van der Waals surface area (Å²) in [6, 6.07) is 8.26. The Bertz CT molecular complexity index is 1590. The first kappa shape index (κ1) is 40.9. The molecular formula is C36H48N6O10. The fourth-order valence-corrected chi connectivity index (χ4v) is 5.80. The van der Waals surface area contributed by atoms with Gasteiger partial charge in [0.2, 0.25) is 29.5 Å². The highest BCUT2D eigenvalue weighted by Crippen LogP contribution is 2.20. The number of likely N-dealkylation sites (tertiary alicyclic amines) is 1. The number of carboxylic acid groups (broad SMARTS) is 2. The number of rotatable bonds is 18. The smallest absolute Gasteiger partial charge is 0.326 e. The number of phenols is 1. The van der Waals surface area contributed by atoms with Crippen LogP contribution in [-0.4, -0.2) is 104 Å². The van der Waals surface area contributed by atoms with Crippen LogP contribution in [-0.2, 0) is 46.4 Å². The Morgan fingerprint density at radius 1 is 0.788 bits per heavy atom. The van der Waals surface area contributed by atoms with Gasteiger partial charge in [0.25, 0.3) is 0 Å². The number of nitrogens with zero attached hydrogens (tertiary/aromatic N) is 1. The van der Waals surface area contributed by atoms with Crippen LogP contribution >= 0.6 is 0 Å². The van der Waals surface area contributed by atoms with E-state index in [1.165, 1.54) is 24.0 Å². The zero-order chi connectivity index (χ0) is 38.5. The topological polar surface area (TPSA) is 258 Å². The van der Waals surface area contributed by atoms with Gasteiger partial charge >= 0.3 is 11.9 Å². The van der Waals surface area contributed by atoms with Crippen molar-refractivity contribution in [3.8, 4) is 5.75 Å². The quantitative estimate of drug-likeness (QED) is 0.102. The highest BCUT2D eigenvalue weighted by atomic mass is 16.4. The van der Waals surface area contributed by atoms with E-state index >= 15 is 0 Å². The molecule has 1 aliphatic rings. The van der Waals surface area contributed by atoms with Crippen LogP contribution < -0.4 is 27.0 Å². The maximum Gasteiger partial charge on any atom is 0.326 e. The molecule has 0 unspecified atom stereocenters. The maximum absolute atomic E-state index is 13.8. The summed E-state index contributed by atoms with van der Waals surface area (Å²) >= 11 is 0. The number of phenolic OH excluding ortho intramolecular Hbond substituents is 1. The SMILES string of the molecule is CC(C)[C@H](NC(=O)[C@H](Cc1ccc(O)cc1)NC(=O)[C@@H]1CCCN1C(=O)[C@@H](N)Cc1ccccc1)C(=O)N[C@@H](C)C(=O)N[C@@H](CCC(=O)O)C(=O)O. The number of carboxylic acids is 2. The number of carbonyl (C=O) groups is 7. The van der Waals surface area contributed by atoms with Crippen molar-refractivity contribution in [3.05, 3.63) is 65.7 Å². The Balaban J connectivity index is 1.74. The van der Waals surface area contributed by atoms with Crippen molar-refractivity contribution in [2.24, 2.45) is 11.7 Å². The van der Waals surface area contributed by atoms with E-state index in [1.807, 2.05) is 30.3 Å². The fraction of sp³-hybridized carbons (Fsp3) is 0.472. The molecule has 16 heteroatoms. The van der Waals surface area contributed by atoms with Crippen molar-refractivity contribution in [3.63, 3.8) is 0 Å². The number of nitrogens with two attached hydrogens (primary N) is 1. The van der Waals surface area contributed by atoms with E-state index < -0.39 is 90.1 Å². The standard InChI is InChI=1S/C36H48N6O10/c1-20(2)30(34(49)38-21(3)31(46)39-26(36(51)52)15-16-29(44)45)41-32(47)27(19-23-11-13-24(43)14-12-23)40-33(48)28-10-7-17-42(28)35(50)25(37)18-22-8-5-4-6-9-22/h4-6,8-9,11-14,20-21,25-28,30,43H,7,10,15-19,37H2,1-3H3,(H,38,49)(H,39,46)(H,40,48)(H,41,47)(H,44,45)(H,51,52)/t21-,25-,26-,27-,28-,30-/m0/s1. The summed E-state index contributed by atoms with van der Waals surface area (Å²) in [5, 5.41) is 38.1. The number of aliphatic carboxylic acids is 2. The second-order valence-electron chi connectivity index (χ2n) is 13.2. The van der Waals surface area contributed by atoms with E-state index in [9.17, 15) is 43.8 Å². The third-order valence-corrected chi connectivity index (χ3v) is 8.72. The van der Waals surface area contributed by atoms with Gasteiger partial charge in [-0.1, -0.05) is 56.3 Å². The Kier molecular flexibility index (Phi) is 15.1. The molecule has 0 spiro atoms. The second kappa shape index (κ2) is 19.2. The lowest BCUT2D eigenvalue weighted by Crippen LogP contribution is -2.60. The molecule has 1 aliphatic heterocycles. The summed E-state index contributed by atoms with van der Waals surface area (Å²) in [4.78, 5) is 90.8. The fourth-order valence-electron chi connectivity index (χ4n) is 5.80. The molecule has 1 fully saturated rings. The number of aromatic hydroxyl groups is 1. The lowest BCUT2D eigenvalue weighted by Gasteiger charge is -2.30. The van der Waals surface area contributed by atoms with Gasteiger partial charge in [0.15, 0.2) is 0 Å². The summed E-state index contributed by atoms with van der Waals surface area (Å²) in [6.07, 6.45) is 0.260.